The highest BCUT2D eigenvalue weighted by atomic mass is 35.5. The molecule has 29 heavy (non-hydrogen) atoms. The molecule has 5 heteroatoms. The summed E-state index contributed by atoms with van der Waals surface area (Å²) < 4.78 is 11.1. The smallest absolute Gasteiger partial charge is 0.338 e. The minimum absolute atomic E-state index is 0.0253. The SMILES string of the molecule is O=C(OCc1ccc(-c2cccc(Cl)c2Cl)o1)c1ccc(-c2ccccc2)cc1. The summed E-state index contributed by atoms with van der Waals surface area (Å²) in [5.41, 5.74) is 3.30. The van der Waals surface area contributed by atoms with Crippen LogP contribution in [-0.4, -0.2) is 5.97 Å². The van der Waals surface area contributed by atoms with Crippen LogP contribution in [0.1, 0.15) is 16.1 Å². The van der Waals surface area contributed by atoms with Crippen LogP contribution in [0.5, 0.6) is 0 Å². The van der Waals surface area contributed by atoms with Crippen molar-refractivity contribution >= 4 is 29.2 Å². The van der Waals surface area contributed by atoms with Gasteiger partial charge >= 0.3 is 5.97 Å². The number of hydrogen-bond donors (Lipinski definition) is 0. The first-order valence-corrected chi connectivity index (χ1v) is 9.73. The van der Waals surface area contributed by atoms with Crippen LogP contribution >= 0.6 is 23.2 Å². The van der Waals surface area contributed by atoms with Crippen molar-refractivity contribution in [3.8, 4) is 22.5 Å². The van der Waals surface area contributed by atoms with Gasteiger partial charge in [0.05, 0.1) is 15.6 Å². The normalized spacial score (nSPS) is 10.7. The van der Waals surface area contributed by atoms with E-state index in [0.717, 1.165) is 11.1 Å². The maximum atomic E-state index is 12.3. The third-order valence-corrected chi connectivity index (χ3v) is 5.27. The molecule has 0 spiro atoms. The van der Waals surface area contributed by atoms with Crippen molar-refractivity contribution in [1.82, 2.24) is 0 Å². The van der Waals surface area contributed by atoms with Crippen molar-refractivity contribution in [3.05, 3.63) is 106 Å². The third kappa shape index (κ3) is 4.37. The van der Waals surface area contributed by atoms with Crippen molar-refractivity contribution in [1.29, 1.82) is 0 Å². The highest BCUT2D eigenvalue weighted by molar-refractivity contribution is 6.43. The van der Waals surface area contributed by atoms with Crippen molar-refractivity contribution in [2.24, 2.45) is 0 Å². The van der Waals surface area contributed by atoms with Gasteiger partial charge in [0.2, 0.25) is 0 Å². The lowest BCUT2D eigenvalue weighted by Gasteiger charge is -2.05. The molecule has 0 radical (unpaired) electrons. The lowest BCUT2D eigenvalue weighted by atomic mass is 10.0. The van der Waals surface area contributed by atoms with Crippen LogP contribution in [0.2, 0.25) is 10.0 Å². The van der Waals surface area contributed by atoms with Crippen LogP contribution < -0.4 is 0 Å². The van der Waals surface area contributed by atoms with Crippen molar-refractivity contribution in [3.63, 3.8) is 0 Å². The quantitative estimate of drug-likeness (QED) is 0.317. The molecule has 0 aliphatic carbocycles. The van der Waals surface area contributed by atoms with Crippen LogP contribution in [0.15, 0.2) is 89.3 Å². The molecule has 0 aliphatic heterocycles. The number of halogens is 2. The summed E-state index contributed by atoms with van der Waals surface area (Å²) in [5, 5.41) is 0.873. The maximum Gasteiger partial charge on any atom is 0.338 e. The number of carbonyl (C=O) groups excluding carboxylic acids is 1. The zero-order valence-electron chi connectivity index (χ0n) is 15.3. The fourth-order valence-corrected chi connectivity index (χ4v) is 3.34. The minimum Gasteiger partial charge on any atom is -0.457 e. The molecule has 0 N–H and O–H groups in total. The molecule has 0 aliphatic rings. The second-order valence-corrected chi connectivity index (χ2v) is 7.17. The molecule has 144 valence electrons. The van der Waals surface area contributed by atoms with Crippen LogP contribution in [0, 0.1) is 0 Å². The number of rotatable bonds is 5. The standard InChI is InChI=1S/C24H16Cl2O3/c25-21-8-4-7-20(23(21)26)22-14-13-19(29-22)15-28-24(27)18-11-9-17(10-12-18)16-5-2-1-3-6-16/h1-14H,15H2. The highest BCUT2D eigenvalue weighted by Gasteiger charge is 2.13. The molecule has 1 aromatic heterocycles. The first kappa shape index (κ1) is 19.3. The van der Waals surface area contributed by atoms with Gasteiger partial charge in [0.15, 0.2) is 0 Å². The van der Waals surface area contributed by atoms with E-state index < -0.39 is 5.97 Å². The predicted molar refractivity (Wildman–Crippen MR) is 115 cm³/mol. The molecular weight excluding hydrogens is 407 g/mol. The number of carbonyl (C=O) groups is 1. The number of hydrogen-bond acceptors (Lipinski definition) is 3. The third-order valence-electron chi connectivity index (χ3n) is 4.45. The van der Waals surface area contributed by atoms with Crippen LogP contribution in [0.4, 0.5) is 0 Å². The van der Waals surface area contributed by atoms with Gasteiger partial charge in [0.1, 0.15) is 18.1 Å². The topological polar surface area (TPSA) is 39.4 Å². The summed E-state index contributed by atoms with van der Waals surface area (Å²) in [4.78, 5) is 12.3. The minimum atomic E-state index is -0.414. The highest BCUT2D eigenvalue weighted by Crippen LogP contribution is 2.34. The number of ether oxygens (including phenoxy) is 1. The van der Waals surface area contributed by atoms with E-state index in [1.807, 2.05) is 48.5 Å². The Morgan fingerprint density at radius 3 is 2.28 bits per heavy atom. The Morgan fingerprint density at radius 1 is 0.793 bits per heavy atom. The van der Waals surface area contributed by atoms with Crippen LogP contribution in [0.25, 0.3) is 22.5 Å². The molecule has 0 atom stereocenters. The monoisotopic (exact) mass is 422 g/mol. The molecule has 0 bridgehead atoms. The van der Waals surface area contributed by atoms with E-state index in [9.17, 15) is 4.79 Å². The van der Waals surface area contributed by atoms with Crippen LogP contribution in [0.3, 0.4) is 0 Å². The Hall–Kier alpha value is -3.01. The Kier molecular flexibility index (Phi) is 5.70. The number of benzene rings is 3. The Morgan fingerprint density at radius 2 is 1.52 bits per heavy atom. The zero-order chi connectivity index (χ0) is 20.2. The van der Waals surface area contributed by atoms with Gasteiger partial charge in [-0.2, -0.15) is 0 Å². The zero-order valence-corrected chi connectivity index (χ0v) is 16.8. The predicted octanol–water partition coefficient (Wildman–Crippen LogP) is 7.28. The summed E-state index contributed by atoms with van der Waals surface area (Å²) in [6, 6.07) is 26.1. The molecule has 0 saturated heterocycles. The number of esters is 1. The molecule has 0 saturated carbocycles. The summed E-state index contributed by atoms with van der Waals surface area (Å²) in [6.45, 7) is 0.0253. The number of furan rings is 1. The van der Waals surface area contributed by atoms with Crippen molar-refractivity contribution in [2.45, 2.75) is 6.61 Å². The van der Waals surface area contributed by atoms with E-state index in [1.54, 1.807) is 36.4 Å². The second-order valence-electron chi connectivity index (χ2n) is 6.39. The molecule has 4 aromatic rings. The van der Waals surface area contributed by atoms with Gasteiger partial charge in [-0.1, -0.05) is 71.7 Å². The largest absolute Gasteiger partial charge is 0.457 e. The second kappa shape index (κ2) is 8.56. The van der Waals surface area contributed by atoms with Gasteiger partial charge in [0.25, 0.3) is 0 Å². The first-order valence-electron chi connectivity index (χ1n) is 8.97. The lowest BCUT2D eigenvalue weighted by molar-refractivity contribution is 0.0446. The summed E-state index contributed by atoms with van der Waals surface area (Å²) in [6.07, 6.45) is 0. The van der Waals surface area contributed by atoms with Gasteiger partial charge < -0.3 is 9.15 Å². The molecule has 4 rings (SSSR count). The lowest BCUT2D eigenvalue weighted by Crippen LogP contribution is -2.04. The van der Waals surface area contributed by atoms with Gasteiger partial charge in [-0.25, -0.2) is 4.79 Å². The van der Waals surface area contributed by atoms with E-state index >= 15 is 0 Å². The summed E-state index contributed by atoms with van der Waals surface area (Å²) in [7, 11) is 0. The molecule has 0 amide bonds. The molecule has 3 nitrogen and oxygen atoms in total. The Labute approximate surface area is 178 Å². The maximum absolute atomic E-state index is 12.3. The summed E-state index contributed by atoms with van der Waals surface area (Å²) >= 11 is 12.3. The van der Waals surface area contributed by atoms with Gasteiger partial charge in [-0.15, -0.1) is 0 Å². The van der Waals surface area contributed by atoms with Crippen molar-refractivity contribution in [2.75, 3.05) is 0 Å². The van der Waals surface area contributed by atoms with Crippen molar-refractivity contribution < 1.29 is 13.9 Å². The molecular formula is C24H16Cl2O3. The first-order chi connectivity index (χ1) is 14.1. The average molecular weight is 423 g/mol. The Balaban J connectivity index is 1.41. The van der Waals surface area contributed by atoms with E-state index in [0.29, 0.717) is 32.7 Å². The van der Waals surface area contributed by atoms with E-state index in [-0.39, 0.29) is 6.61 Å². The fraction of sp³-hybridized carbons (Fsp3) is 0.0417. The van der Waals surface area contributed by atoms with E-state index in [1.165, 1.54) is 0 Å². The summed E-state index contributed by atoms with van der Waals surface area (Å²) in [5.74, 6) is 0.671. The van der Waals surface area contributed by atoms with Gasteiger partial charge in [-0.3, -0.25) is 0 Å². The Bertz CT molecular complexity index is 1130. The molecule has 0 unspecified atom stereocenters. The van der Waals surface area contributed by atoms with E-state index in [4.69, 9.17) is 32.4 Å². The fourth-order valence-electron chi connectivity index (χ4n) is 2.94. The average Bonchev–Trinajstić information content (AvgIpc) is 3.23. The molecule has 3 aromatic carbocycles. The van der Waals surface area contributed by atoms with Gasteiger partial charge in [0, 0.05) is 5.56 Å². The van der Waals surface area contributed by atoms with Crippen LogP contribution in [-0.2, 0) is 11.3 Å². The van der Waals surface area contributed by atoms with Gasteiger partial charge in [-0.05, 0) is 47.5 Å². The van der Waals surface area contributed by atoms with E-state index in [2.05, 4.69) is 0 Å². The molecule has 1 heterocycles. The molecule has 0 fully saturated rings.